The first kappa shape index (κ1) is 13.7. The summed E-state index contributed by atoms with van der Waals surface area (Å²) in [5, 5.41) is 6.24. The summed E-state index contributed by atoms with van der Waals surface area (Å²) in [5.41, 5.74) is 0. The molecule has 4 nitrogen and oxygen atoms in total. The minimum atomic E-state index is 0. The van der Waals surface area contributed by atoms with Gasteiger partial charge in [0.05, 0.1) is 6.04 Å². The van der Waals surface area contributed by atoms with E-state index in [-0.39, 0.29) is 24.4 Å². The average Bonchev–Trinajstić information content (AvgIpc) is 2.81. The van der Waals surface area contributed by atoms with Gasteiger partial charge in [0.15, 0.2) is 0 Å². The highest BCUT2D eigenvalue weighted by Gasteiger charge is 2.22. The summed E-state index contributed by atoms with van der Waals surface area (Å²) >= 11 is 0. The van der Waals surface area contributed by atoms with E-state index in [1.165, 1.54) is 0 Å². The number of carbonyl (C=O) groups is 1. The second kappa shape index (κ2) is 7.09. The minimum Gasteiger partial charge on any atom is -0.381 e. The molecule has 0 aromatic heterocycles. The summed E-state index contributed by atoms with van der Waals surface area (Å²) in [5.74, 6) is 0.795. The van der Waals surface area contributed by atoms with Gasteiger partial charge in [-0.15, -0.1) is 12.4 Å². The highest BCUT2D eigenvalue weighted by Crippen LogP contribution is 2.13. The molecule has 0 aliphatic carbocycles. The monoisotopic (exact) mass is 248 g/mol. The Bertz CT molecular complexity index is 214. The lowest BCUT2D eigenvalue weighted by atomic mass is 10.0. The van der Waals surface area contributed by atoms with Crippen LogP contribution in [0.25, 0.3) is 0 Å². The van der Waals surface area contributed by atoms with Crippen molar-refractivity contribution >= 4 is 18.3 Å². The molecule has 94 valence electrons. The van der Waals surface area contributed by atoms with Crippen LogP contribution in [0.5, 0.6) is 0 Å². The summed E-state index contributed by atoms with van der Waals surface area (Å²) in [6.45, 7) is 3.50. The van der Waals surface area contributed by atoms with Crippen molar-refractivity contribution in [1.29, 1.82) is 0 Å². The number of rotatable bonds is 3. The van der Waals surface area contributed by atoms with Gasteiger partial charge in [-0.25, -0.2) is 0 Å². The largest absolute Gasteiger partial charge is 0.381 e. The summed E-state index contributed by atoms with van der Waals surface area (Å²) < 4.78 is 5.28. The molecule has 5 heteroatoms. The fourth-order valence-corrected chi connectivity index (χ4v) is 2.23. The van der Waals surface area contributed by atoms with Crippen molar-refractivity contribution in [3.05, 3.63) is 0 Å². The van der Waals surface area contributed by atoms with E-state index in [0.717, 1.165) is 52.0 Å². The summed E-state index contributed by atoms with van der Waals surface area (Å²) in [7, 11) is 0. The van der Waals surface area contributed by atoms with Gasteiger partial charge in [0, 0.05) is 19.8 Å². The molecule has 16 heavy (non-hydrogen) atoms. The molecule has 0 bridgehead atoms. The lowest BCUT2D eigenvalue weighted by Gasteiger charge is -2.22. The first-order chi connectivity index (χ1) is 7.36. The van der Waals surface area contributed by atoms with Crippen molar-refractivity contribution in [2.45, 2.75) is 31.7 Å². The Kier molecular flexibility index (Phi) is 6.09. The van der Waals surface area contributed by atoms with Crippen LogP contribution in [0.2, 0.25) is 0 Å². The fraction of sp³-hybridized carbons (Fsp3) is 0.909. The third-order valence-corrected chi connectivity index (χ3v) is 3.28. The number of hydrogen-bond acceptors (Lipinski definition) is 3. The molecule has 2 saturated heterocycles. The fourth-order valence-electron chi connectivity index (χ4n) is 2.23. The molecule has 0 unspecified atom stereocenters. The van der Waals surface area contributed by atoms with Crippen LogP contribution in [-0.4, -0.2) is 38.3 Å². The van der Waals surface area contributed by atoms with E-state index in [4.69, 9.17) is 4.74 Å². The number of nitrogens with one attached hydrogen (secondary N) is 2. The van der Waals surface area contributed by atoms with Gasteiger partial charge in [0.2, 0.25) is 5.91 Å². The Hall–Kier alpha value is -0.320. The second-order valence-corrected chi connectivity index (χ2v) is 4.45. The number of hydrogen-bond donors (Lipinski definition) is 2. The second-order valence-electron chi connectivity index (χ2n) is 4.45. The molecule has 2 aliphatic heterocycles. The van der Waals surface area contributed by atoms with Crippen LogP contribution in [-0.2, 0) is 9.53 Å². The van der Waals surface area contributed by atoms with E-state index >= 15 is 0 Å². The van der Waals surface area contributed by atoms with Gasteiger partial charge in [0.1, 0.15) is 0 Å². The zero-order chi connectivity index (χ0) is 10.5. The first-order valence-electron chi connectivity index (χ1n) is 5.95. The molecule has 2 N–H and O–H groups in total. The van der Waals surface area contributed by atoms with Crippen molar-refractivity contribution in [3.8, 4) is 0 Å². The van der Waals surface area contributed by atoms with E-state index in [2.05, 4.69) is 10.6 Å². The van der Waals surface area contributed by atoms with Gasteiger partial charge >= 0.3 is 0 Å². The molecule has 2 aliphatic rings. The summed E-state index contributed by atoms with van der Waals surface area (Å²) in [6.07, 6.45) is 4.27. The standard InChI is InChI=1S/C11H20N2O2.ClH/c14-11(10-2-1-5-12-10)13-8-9-3-6-15-7-4-9;/h9-10,12H,1-8H2,(H,13,14);1H/t10-;/m0./s1. The minimum absolute atomic E-state index is 0. The molecular formula is C11H21ClN2O2. The van der Waals surface area contributed by atoms with Gasteiger partial charge in [-0.2, -0.15) is 0 Å². The van der Waals surface area contributed by atoms with Crippen LogP contribution in [0.4, 0.5) is 0 Å². The Balaban J connectivity index is 0.00000128. The Labute approximate surface area is 103 Å². The summed E-state index contributed by atoms with van der Waals surface area (Å²) in [6, 6.07) is 0.0600. The Morgan fingerprint density at radius 3 is 2.69 bits per heavy atom. The van der Waals surface area contributed by atoms with E-state index in [0.29, 0.717) is 5.92 Å². The van der Waals surface area contributed by atoms with Gasteiger partial charge in [-0.05, 0) is 38.1 Å². The molecule has 0 aromatic rings. The molecule has 1 amide bonds. The number of ether oxygens (including phenoxy) is 1. The van der Waals surface area contributed by atoms with Gasteiger partial charge < -0.3 is 15.4 Å². The predicted octanol–water partition coefficient (Wildman–Crippen LogP) is 0.703. The van der Waals surface area contributed by atoms with E-state index in [9.17, 15) is 4.79 Å². The third kappa shape index (κ3) is 3.92. The quantitative estimate of drug-likeness (QED) is 0.773. The van der Waals surface area contributed by atoms with Crippen molar-refractivity contribution < 1.29 is 9.53 Å². The predicted molar refractivity (Wildman–Crippen MR) is 64.8 cm³/mol. The van der Waals surface area contributed by atoms with Gasteiger partial charge in [-0.3, -0.25) is 4.79 Å². The molecule has 0 spiro atoms. The van der Waals surface area contributed by atoms with Crippen LogP contribution in [0.15, 0.2) is 0 Å². The topological polar surface area (TPSA) is 50.4 Å². The maximum atomic E-state index is 11.7. The molecule has 0 radical (unpaired) electrons. The third-order valence-electron chi connectivity index (χ3n) is 3.28. The molecule has 0 aromatic carbocycles. The molecule has 2 fully saturated rings. The molecule has 1 atom stereocenters. The molecule has 2 rings (SSSR count). The van der Waals surface area contributed by atoms with Crippen molar-refractivity contribution in [2.24, 2.45) is 5.92 Å². The number of amides is 1. The molecule has 2 heterocycles. The van der Waals surface area contributed by atoms with Crippen molar-refractivity contribution in [1.82, 2.24) is 10.6 Å². The van der Waals surface area contributed by atoms with E-state index in [1.807, 2.05) is 0 Å². The molecule has 0 saturated carbocycles. The maximum Gasteiger partial charge on any atom is 0.237 e. The normalized spacial score (nSPS) is 26.1. The molecular weight excluding hydrogens is 228 g/mol. The van der Waals surface area contributed by atoms with E-state index < -0.39 is 0 Å². The Morgan fingerprint density at radius 1 is 1.31 bits per heavy atom. The van der Waals surface area contributed by atoms with E-state index in [1.54, 1.807) is 0 Å². The van der Waals surface area contributed by atoms with Crippen LogP contribution in [0.3, 0.4) is 0 Å². The van der Waals surface area contributed by atoms with Crippen LogP contribution >= 0.6 is 12.4 Å². The lowest BCUT2D eigenvalue weighted by molar-refractivity contribution is -0.123. The van der Waals surface area contributed by atoms with Crippen molar-refractivity contribution in [2.75, 3.05) is 26.3 Å². The van der Waals surface area contributed by atoms with Crippen LogP contribution < -0.4 is 10.6 Å². The highest BCUT2D eigenvalue weighted by molar-refractivity contribution is 5.85. The zero-order valence-electron chi connectivity index (χ0n) is 9.54. The Morgan fingerprint density at radius 2 is 2.06 bits per heavy atom. The average molecular weight is 249 g/mol. The number of halogens is 1. The van der Waals surface area contributed by atoms with Crippen molar-refractivity contribution in [3.63, 3.8) is 0 Å². The smallest absolute Gasteiger partial charge is 0.237 e. The SMILES string of the molecule is Cl.O=C(NCC1CCOCC1)[C@@H]1CCCN1. The summed E-state index contributed by atoms with van der Waals surface area (Å²) in [4.78, 5) is 11.7. The highest BCUT2D eigenvalue weighted by atomic mass is 35.5. The van der Waals surface area contributed by atoms with Crippen LogP contribution in [0.1, 0.15) is 25.7 Å². The number of carbonyl (C=O) groups excluding carboxylic acids is 1. The van der Waals surface area contributed by atoms with Gasteiger partial charge in [-0.1, -0.05) is 0 Å². The maximum absolute atomic E-state index is 11.7. The lowest BCUT2D eigenvalue weighted by Crippen LogP contribution is -2.42. The first-order valence-corrected chi connectivity index (χ1v) is 5.95. The van der Waals surface area contributed by atoms with Crippen LogP contribution in [0, 0.1) is 5.92 Å². The van der Waals surface area contributed by atoms with Gasteiger partial charge in [0.25, 0.3) is 0 Å². The zero-order valence-corrected chi connectivity index (χ0v) is 10.4.